The van der Waals surface area contributed by atoms with Crippen LogP contribution >= 0.6 is 0 Å². The molecule has 1 aliphatic heterocycles. The zero-order valence-corrected chi connectivity index (χ0v) is 17.2. The topological polar surface area (TPSA) is 88.1 Å². The van der Waals surface area contributed by atoms with Crippen LogP contribution in [0.3, 0.4) is 0 Å². The van der Waals surface area contributed by atoms with E-state index in [0.717, 1.165) is 16.8 Å². The third kappa shape index (κ3) is 4.28. The van der Waals surface area contributed by atoms with Gasteiger partial charge in [-0.1, -0.05) is 29.8 Å². The van der Waals surface area contributed by atoms with Crippen molar-refractivity contribution in [2.45, 2.75) is 19.4 Å². The Bertz CT molecular complexity index is 1140. The summed E-state index contributed by atoms with van der Waals surface area (Å²) in [6.45, 7) is 1.79. The number of hydrogen-bond acceptors (Lipinski definition) is 6. The van der Waals surface area contributed by atoms with Crippen molar-refractivity contribution >= 4 is 11.6 Å². The molecular weight excluding hydrogens is 394 g/mol. The van der Waals surface area contributed by atoms with Crippen LogP contribution in [0.2, 0.25) is 0 Å². The van der Waals surface area contributed by atoms with Crippen LogP contribution in [0.5, 0.6) is 11.5 Å². The summed E-state index contributed by atoms with van der Waals surface area (Å²) < 4.78 is 16.5. The molecule has 2 aromatic carbocycles. The van der Waals surface area contributed by atoms with Gasteiger partial charge in [0, 0.05) is 12.5 Å². The lowest BCUT2D eigenvalue weighted by Gasteiger charge is -2.20. The van der Waals surface area contributed by atoms with Crippen LogP contribution in [0.1, 0.15) is 34.9 Å². The fourth-order valence-corrected chi connectivity index (χ4v) is 3.43. The van der Waals surface area contributed by atoms with Crippen molar-refractivity contribution in [3.63, 3.8) is 0 Å². The minimum absolute atomic E-state index is 0.232. The van der Waals surface area contributed by atoms with Crippen LogP contribution in [0.15, 0.2) is 70.4 Å². The second-order valence-electron chi connectivity index (χ2n) is 7.15. The van der Waals surface area contributed by atoms with E-state index in [1.165, 1.54) is 12.1 Å². The van der Waals surface area contributed by atoms with Gasteiger partial charge in [0.1, 0.15) is 11.8 Å². The van der Waals surface area contributed by atoms with Crippen molar-refractivity contribution in [2.75, 3.05) is 13.7 Å². The summed E-state index contributed by atoms with van der Waals surface area (Å²) in [4.78, 5) is 13.0. The fourth-order valence-electron chi connectivity index (χ4n) is 3.43. The number of aryl methyl sites for hydroxylation is 1. The molecule has 156 valence electrons. The quantitative estimate of drug-likeness (QED) is 0.601. The molecule has 0 unspecified atom stereocenters. The molecule has 2 heterocycles. The van der Waals surface area contributed by atoms with Gasteiger partial charge < -0.3 is 13.9 Å². The number of carbonyl (C=O) groups is 1. The Morgan fingerprint density at radius 3 is 2.71 bits per heavy atom. The largest absolute Gasteiger partial charge is 0.493 e. The van der Waals surface area contributed by atoms with E-state index in [2.05, 4.69) is 5.10 Å². The van der Waals surface area contributed by atoms with E-state index >= 15 is 0 Å². The summed E-state index contributed by atoms with van der Waals surface area (Å²) in [5.74, 6) is 1.12. The maximum Gasteiger partial charge on any atom is 0.281 e. The van der Waals surface area contributed by atoms with Crippen LogP contribution in [-0.4, -0.2) is 30.3 Å². The molecule has 0 saturated carbocycles. The number of benzene rings is 2. The van der Waals surface area contributed by atoms with Crippen molar-refractivity contribution in [2.24, 2.45) is 5.10 Å². The van der Waals surface area contributed by atoms with Crippen LogP contribution in [-0.2, 0) is 4.79 Å². The predicted octanol–water partition coefficient (Wildman–Crippen LogP) is 4.23. The molecule has 1 aromatic heterocycles. The molecule has 0 fully saturated rings. The van der Waals surface area contributed by atoms with Gasteiger partial charge in [0.2, 0.25) is 0 Å². The maximum absolute atomic E-state index is 13.0. The monoisotopic (exact) mass is 415 g/mol. The van der Waals surface area contributed by atoms with E-state index in [4.69, 9.17) is 19.2 Å². The number of methoxy groups -OCH3 is 1. The molecular formula is C24H21N3O4. The zero-order chi connectivity index (χ0) is 21.8. The SMILES string of the molecule is COc1cc(C#N)ccc1OCC(=O)N1N=C(c2ccc(C)cc2)C[C@@H]1c1ccco1. The molecule has 7 heteroatoms. The fraction of sp³-hybridized carbons (Fsp3) is 0.208. The molecule has 0 radical (unpaired) electrons. The highest BCUT2D eigenvalue weighted by Crippen LogP contribution is 2.34. The van der Waals surface area contributed by atoms with E-state index in [-0.39, 0.29) is 18.6 Å². The molecule has 1 amide bonds. The number of carbonyl (C=O) groups excluding carboxylic acids is 1. The van der Waals surface area contributed by atoms with Gasteiger partial charge in [-0.15, -0.1) is 0 Å². The van der Waals surface area contributed by atoms with Crippen LogP contribution in [0.4, 0.5) is 0 Å². The standard InChI is InChI=1S/C24H21N3O4/c1-16-5-8-18(9-6-16)19-13-20(21-4-3-11-30-21)27(26-19)24(28)15-31-22-10-7-17(14-25)12-23(22)29-2/h3-12,20H,13,15H2,1-2H3/t20-/m1/s1. The number of hydrazone groups is 1. The van der Waals surface area contributed by atoms with Crippen molar-refractivity contribution < 1.29 is 18.7 Å². The molecule has 1 atom stereocenters. The Morgan fingerprint density at radius 2 is 2.03 bits per heavy atom. The van der Waals surface area contributed by atoms with Gasteiger partial charge in [0.15, 0.2) is 18.1 Å². The smallest absolute Gasteiger partial charge is 0.281 e. The summed E-state index contributed by atoms with van der Waals surface area (Å²) in [5.41, 5.74) is 3.38. The summed E-state index contributed by atoms with van der Waals surface area (Å²) in [6.07, 6.45) is 2.13. The maximum atomic E-state index is 13.0. The Labute approximate surface area is 180 Å². The normalized spacial score (nSPS) is 15.3. The lowest BCUT2D eigenvalue weighted by atomic mass is 10.0. The molecule has 31 heavy (non-hydrogen) atoms. The van der Waals surface area contributed by atoms with Gasteiger partial charge in [0.25, 0.3) is 5.91 Å². The number of amides is 1. The molecule has 0 bridgehead atoms. The molecule has 3 aromatic rings. The number of rotatable bonds is 6. The van der Waals surface area contributed by atoms with Gasteiger partial charge in [-0.25, -0.2) is 5.01 Å². The number of furan rings is 1. The third-order valence-corrected chi connectivity index (χ3v) is 5.07. The van der Waals surface area contributed by atoms with Crippen LogP contribution in [0, 0.1) is 18.3 Å². The summed E-state index contributed by atoms with van der Waals surface area (Å²) in [7, 11) is 1.48. The first-order valence-electron chi connectivity index (χ1n) is 9.80. The average molecular weight is 415 g/mol. The van der Waals surface area contributed by atoms with Gasteiger partial charge in [0.05, 0.1) is 30.7 Å². The lowest BCUT2D eigenvalue weighted by Crippen LogP contribution is -2.31. The van der Waals surface area contributed by atoms with Gasteiger partial charge in [-0.05, 0) is 36.8 Å². The lowest BCUT2D eigenvalue weighted by molar-refractivity contribution is -0.135. The predicted molar refractivity (Wildman–Crippen MR) is 114 cm³/mol. The third-order valence-electron chi connectivity index (χ3n) is 5.07. The van der Waals surface area contributed by atoms with E-state index in [9.17, 15) is 4.79 Å². The molecule has 7 nitrogen and oxygen atoms in total. The van der Waals surface area contributed by atoms with Gasteiger partial charge in [-0.2, -0.15) is 10.4 Å². The second-order valence-corrected chi connectivity index (χ2v) is 7.15. The van der Waals surface area contributed by atoms with Gasteiger partial charge in [-0.3, -0.25) is 4.79 Å². The zero-order valence-electron chi connectivity index (χ0n) is 17.2. The second kappa shape index (κ2) is 8.76. The van der Waals surface area contributed by atoms with E-state index in [1.54, 1.807) is 30.5 Å². The van der Waals surface area contributed by atoms with Crippen molar-refractivity contribution in [1.82, 2.24) is 5.01 Å². The highest BCUT2D eigenvalue weighted by Gasteiger charge is 2.35. The van der Waals surface area contributed by atoms with Crippen LogP contribution in [0.25, 0.3) is 0 Å². The first kappa shape index (κ1) is 20.2. The molecule has 0 N–H and O–H groups in total. The number of nitriles is 1. The summed E-state index contributed by atoms with van der Waals surface area (Å²) >= 11 is 0. The Balaban J connectivity index is 1.55. The summed E-state index contributed by atoms with van der Waals surface area (Å²) in [6, 6.07) is 18.2. The van der Waals surface area contributed by atoms with Crippen molar-refractivity contribution in [3.05, 3.63) is 83.3 Å². The Morgan fingerprint density at radius 1 is 1.23 bits per heavy atom. The highest BCUT2D eigenvalue weighted by molar-refractivity contribution is 6.03. The summed E-state index contributed by atoms with van der Waals surface area (Å²) in [5, 5.41) is 15.0. The average Bonchev–Trinajstić information content (AvgIpc) is 3.48. The van der Waals surface area contributed by atoms with Gasteiger partial charge >= 0.3 is 0 Å². The molecule has 0 aliphatic carbocycles. The number of nitrogens with zero attached hydrogens (tertiary/aromatic N) is 3. The highest BCUT2D eigenvalue weighted by atomic mass is 16.5. The first-order valence-corrected chi connectivity index (χ1v) is 9.80. The minimum Gasteiger partial charge on any atom is -0.493 e. The molecule has 0 saturated heterocycles. The minimum atomic E-state index is -0.342. The number of ether oxygens (including phenoxy) is 2. The Hall–Kier alpha value is -4.05. The van der Waals surface area contributed by atoms with E-state index in [1.807, 2.05) is 43.3 Å². The van der Waals surface area contributed by atoms with Crippen molar-refractivity contribution in [1.29, 1.82) is 5.26 Å². The van der Waals surface area contributed by atoms with Crippen molar-refractivity contribution in [3.8, 4) is 17.6 Å². The Kier molecular flexibility index (Phi) is 5.72. The first-order chi connectivity index (χ1) is 15.1. The number of hydrogen-bond donors (Lipinski definition) is 0. The molecule has 4 rings (SSSR count). The van der Waals surface area contributed by atoms with E-state index < -0.39 is 0 Å². The molecule has 0 spiro atoms. The van der Waals surface area contributed by atoms with E-state index in [0.29, 0.717) is 29.2 Å². The molecule has 1 aliphatic rings. The van der Waals surface area contributed by atoms with Crippen LogP contribution < -0.4 is 9.47 Å².